The SMILES string of the molecule is C=CC(C1=CC(=O)C(OC)=CC1=O)c1ccc(OC)cc1.CC(=O)OC1CC2(C)C(c3ccoc3)CC3OC32C2(C)C(=O)C(O)=C3C(C)(C)C(=O)C=CC3(C)C12. The van der Waals surface area contributed by atoms with Crippen molar-refractivity contribution in [2.45, 2.75) is 84.0 Å². The number of hydrogen-bond donors (Lipinski definition) is 1. The van der Waals surface area contributed by atoms with E-state index in [1.807, 2.05) is 32.0 Å². The van der Waals surface area contributed by atoms with Crippen LogP contribution in [-0.4, -0.2) is 66.2 Å². The van der Waals surface area contributed by atoms with Crippen LogP contribution in [0.15, 0.2) is 107 Å². The molecule has 2 heterocycles. The zero-order valence-corrected chi connectivity index (χ0v) is 33.0. The van der Waals surface area contributed by atoms with Crippen molar-refractivity contribution in [1.29, 1.82) is 0 Å². The van der Waals surface area contributed by atoms with E-state index in [0.29, 0.717) is 24.0 Å². The lowest BCUT2D eigenvalue weighted by molar-refractivity contribution is -0.200. The van der Waals surface area contributed by atoms with Gasteiger partial charge < -0.3 is 28.5 Å². The highest BCUT2D eigenvalue weighted by atomic mass is 16.6. The zero-order chi connectivity index (χ0) is 40.7. The number of furan rings is 1. The number of aliphatic hydroxyl groups is 1. The van der Waals surface area contributed by atoms with E-state index in [9.17, 15) is 29.1 Å². The average Bonchev–Trinajstić information content (AvgIpc) is 3.51. The molecular formula is C45H48O11. The first-order chi connectivity index (χ1) is 26.4. The van der Waals surface area contributed by atoms with Crippen molar-refractivity contribution >= 4 is 29.1 Å². The average molecular weight is 765 g/mol. The van der Waals surface area contributed by atoms with Crippen LogP contribution >= 0.6 is 0 Å². The highest BCUT2D eigenvalue weighted by Gasteiger charge is 2.89. The molecular weight excluding hydrogens is 716 g/mol. The van der Waals surface area contributed by atoms with Gasteiger partial charge in [-0.05, 0) is 86.6 Å². The Hall–Kier alpha value is -5.29. The largest absolute Gasteiger partial charge is 0.504 e. The first-order valence-electron chi connectivity index (χ1n) is 18.8. The van der Waals surface area contributed by atoms with Gasteiger partial charge in [0.25, 0.3) is 0 Å². The quantitative estimate of drug-likeness (QED) is 0.134. The molecule has 9 atom stereocenters. The molecule has 1 aromatic carbocycles. The van der Waals surface area contributed by atoms with E-state index in [1.165, 1.54) is 26.2 Å². The highest BCUT2D eigenvalue weighted by molar-refractivity contribution is 6.19. The number of ether oxygens (including phenoxy) is 4. The molecule has 8 rings (SSSR count). The van der Waals surface area contributed by atoms with Gasteiger partial charge in [-0.3, -0.25) is 24.0 Å². The van der Waals surface area contributed by atoms with Crippen LogP contribution in [0.3, 0.4) is 0 Å². The van der Waals surface area contributed by atoms with E-state index in [1.54, 1.807) is 63.8 Å². The Kier molecular flexibility index (Phi) is 9.15. The molecule has 5 aliphatic carbocycles. The Labute approximate surface area is 326 Å². The second-order valence-corrected chi connectivity index (χ2v) is 16.8. The van der Waals surface area contributed by atoms with Crippen molar-refractivity contribution in [3.63, 3.8) is 0 Å². The number of methoxy groups -OCH3 is 2. The van der Waals surface area contributed by atoms with Gasteiger partial charge in [0.1, 0.15) is 17.5 Å². The number of epoxide rings is 1. The maximum atomic E-state index is 14.3. The first kappa shape index (κ1) is 39.0. The van der Waals surface area contributed by atoms with Gasteiger partial charge in [0.05, 0.1) is 43.7 Å². The Morgan fingerprint density at radius 2 is 1.68 bits per heavy atom. The van der Waals surface area contributed by atoms with Crippen LogP contribution in [0.1, 0.15) is 77.3 Å². The molecule has 0 amide bonds. The number of esters is 1. The fourth-order valence-electron chi connectivity index (χ4n) is 11.4. The monoisotopic (exact) mass is 764 g/mol. The summed E-state index contributed by atoms with van der Waals surface area (Å²) in [6.07, 6.45) is 11.4. The molecule has 11 heteroatoms. The molecule has 1 N–H and O–H groups in total. The number of ketones is 4. The third-order valence-corrected chi connectivity index (χ3v) is 13.7. The topological polar surface area (TPSA) is 159 Å². The minimum Gasteiger partial charge on any atom is -0.504 e. The molecule has 294 valence electrons. The molecule has 9 unspecified atom stereocenters. The number of hydrogen-bond acceptors (Lipinski definition) is 11. The van der Waals surface area contributed by atoms with Gasteiger partial charge in [0.15, 0.2) is 23.1 Å². The van der Waals surface area contributed by atoms with Crippen LogP contribution < -0.4 is 4.74 Å². The first-order valence-corrected chi connectivity index (χ1v) is 18.8. The molecule has 2 saturated carbocycles. The number of allylic oxidation sites excluding steroid dienone is 8. The molecule has 0 radical (unpaired) electrons. The maximum Gasteiger partial charge on any atom is 0.302 e. The second-order valence-electron chi connectivity index (χ2n) is 16.8. The predicted octanol–water partition coefficient (Wildman–Crippen LogP) is 7.01. The van der Waals surface area contributed by atoms with Gasteiger partial charge in [-0.15, -0.1) is 6.58 Å². The molecule has 6 aliphatic rings. The molecule has 1 spiro atoms. The maximum absolute atomic E-state index is 14.3. The van der Waals surface area contributed by atoms with E-state index in [2.05, 4.69) is 13.5 Å². The normalized spacial score (nSPS) is 35.4. The highest BCUT2D eigenvalue weighted by Crippen LogP contribution is 2.81. The van der Waals surface area contributed by atoms with Gasteiger partial charge >= 0.3 is 5.97 Å². The Morgan fingerprint density at radius 1 is 0.982 bits per heavy atom. The summed E-state index contributed by atoms with van der Waals surface area (Å²) in [6.45, 7) is 14.6. The third-order valence-electron chi connectivity index (χ3n) is 13.7. The van der Waals surface area contributed by atoms with Crippen molar-refractivity contribution in [3.05, 3.63) is 114 Å². The van der Waals surface area contributed by atoms with Crippen molar-refractivity contribution in [2.75, 3.05) is 14.2 Å². The zero-order valence-electron chi connectivity index (χ0n) is 33.0. The van der Waals surface area contributed by atoms with E-state index in [4.69, 9.17) is 23.4 Å². The molecule has 2 aromatic rings. The summed E-state index contributed by atoms with van der Waals surface area (Å²) < 4.78 is 27.9. The Balaban J connectivity index is 0.000000196. The van der Waals surface area contributed by atoms with Gasteiger partial charge in [0, 0.05) is 41.2 Å². The van der Waals surface area contributed by atoms with Crippen molar-refractivity contribution < 1.29 is 52.4 Å². The summed E-state index contributed by atoms with van der Waals surface area (Å²) in [6, 6.07) is 9.25. The lowest BCUT2D eigenvalue weighted by atomic mass is 9.38. The number of rotatable bonds is 7. The van der Waals surface area contributed by atoms with Crippen LogP contribution in [0, 0.1) is 27.6 Å². The lowest BCUT2D eigenvalue weighted by Crippen LogP contribution is -2.70. The minimum absolute atomic E-state index is 0.0453. The molecule has 3 fully saturated rings. The molecule has 11 nitrogen and oxygen atoms in total. The van der Waals surface area contributed by atoms with Crippen molar-refractivity contribution in [3.8, 4) is 5.75 Å². The van der Waals surface area contributed by atoms with Gasteiger partial charge in [0.2, 0.25) is 11.6 Å². The summed E-state index contributed by atoms with van der Waals surface area (Å²) in [5.74, 6) is -1.96. The predicted molar refractivity (Wildman–Crippen MR) is 203 cm³/mol. The summed E-state index contributed by atoms with van der Waals surface area (Å²) in [4.78, 5) is 63.6. The summed E-state index contributed by atoms with van der Waals surface area (Å²) in [5, 5.41) is 11.5. The number of carbonyl (C=O) groups excluding carboxylic acids is 5. The summed E-state index contributed by atoms with van der Waals surface area (Å²) >= 11 is 0. The van der Waals surface area contributed by atoms with Crippen LogP contribution in [0.5, 0.6) is 5.75 Å². The third kappa shape index (κ3) is 5.22. The fourth-order valence-corrected chi connectivity index (χ4v) is 11.4. The van der Waals surface area contributed by atoms with Gasteiger partial charge in [-0.25, -0.2) is 0 Å². The number of benzene rings is 1. The second kappa shape index (κ2) is 13.1. The number of aliphatic hydroxyl groups excluding tert-OH is 1. The van der Waals surface area contributed by atoms with Crippen LogP contribution in [-0.2, 0) is 38.2 Å². The van der Waals surface area contributed by atoms with E-state index in [0.717, 1.165) is 16.9 Å². The van der Waals surface area contributed by atoms with Gasteiger partial charge in [-0.1, -0.05) is 38.1 Å². The number of fused-ring (bicyclic) bond motifs is 3. The van der Waals surface area contributed by atoms with Crippen molar-refractivity contribution in [1.82, 2.24) is 0 Å². The van der Waals surface area contributed by atoms with Crippen LogP contribution in [0.25, 0.3) is 0 Å². The van der Waals surface area contributed by atoms with E-state index >= 15 is 0 Å². The van der Waals surface area contributed by atoms with Crippen molar-refractivity contribution in [2.24, 2.45) is 27.6 Å². The molecule has 1 aliphatic heterocycles. The fraction of sp³-hybridized carbons (Fsp3) is 0.444. The number of Topliss-reactive ketones (excluding diaryl/α,β-unsaturated/α-hetero) is 1. The molecule has 0 bridgehead atoms. The lowest BCUT2D eigenvalue weighted by Gasteiger charge is -2.64. The van der Waals surface area contributed by atoms with E-state index < -0.39 is 51.0 Å². The Morgan fingerprint density at radius 3 is 2.27 bits per heavy atom. The van der Waals surface area contributed by atoms with Crippen LogP contribution in [0.2, 0.25) is 0 Å². The standard InChI is InChI=1S/C28H32O7.C17H16O4/c1-14(29)34-17-12-26(5)16(15-8-10-33-13-15)11-19-28(26,35-19)27(6)21(17)25(4)9-7-18(30)24(2,3)22(25)20(31)23(27)32;1-4-13(11-5-7-12(20-2)8-6-11)14-9-16(19)17(21-3)10-15(14)18/h7-10,13,16-17,19,21,31H,11-12H2,1-6H3;4-10,13H,1H2,2-3H3. The number of carbonyl (C=O) groups is 5. The summed E-state index contributed by atoms with van der Waals surface area (Å²) in [7, 11) is 2.95. The van der Waals surface area contributed by atoms with E-state index in [-0.39, 0.29) is 46.8 Å². The smallest absolute Gasteiger partial charge is 0.302 e. The van der Waals surface area contributed by atoms with Crippen LogP contribution in [0.4, 0.5) is 0 Å². The molecule has 56 heavy (non-hydrogen) atoms. The molecule has 1 saturated heterocycles. The summed E-state index contributed by atoms with van der Waals surface area (Å²) in [5.41, 5.74) is -1.80. The van der Waals surface area contributed by atoms with Gasteiger partial charge in [-0.2, -0.15) is 0 Å². The Bertz CT molecular complexity index is 2170. The minimum atomic E-state index is -1.17. The molecule has 1 aromatic heterocycles.